The molecule has 1 fully saturated rings. The third-order valence-corrected chi connectivity index (χ3v) is 6.56. The van der Waals surface area contributed by atoms with E-state index in [1.54, 1.807) is 18.2 Å². The molecule has 0 radical (unpaired) electrons. The van der Waals surface area contributed by atoms with Crippen LogP contribution in [-0.2, 0) is 16.4 Å². The van der Waals surface area contributed by atoms with Gasteiger partial charge in [-0.2, -0.15) is 0 Å². The summed E-state index contributed by atoms with van der Waals surface area (Å²) in [4.78, 5) is 2.69. The summed E-state index contributed by atoms with van der Waals surface area (Å²) < 4.78 is 33.2. The SMILES string of the molecule is CCOc1ccc(S(=O)(=O)NCCCc2ccc(N3CCCC3)cc2)cc1C. The van der Waals surface area contributed by atoms with Crippen molar-refractivity contribution >= 4 is 15.7 Å². The highest BCUT2D eigenvalue weighted by atomic mass is 32.2. The van der Waals surface area contributed by atoms with Gasteiger partial charge in [-0.15, -0.1) is 0 Å². The van der Waals surface area contributed by atoms with Crippen molar-refractivity contribution in [3.05, 3.63) is 53.6 Å². The number of anilines is 1. The van der Waals surface area contributed by atoms with Gasteiger partial charge < -0.3 is 9.64 Å². The highest BCUT2D eigenvalue weighted by Crippen LogP contribution is 2.22. The average Bonchev–Trinajstić information content (AvgIpc) is 3.22. The Hall–Kier alpha value is -2.05. The summed E-state index contributed by atoms with van der Waals surface area (Å²) in [7, 11) is -3.50. The fourth-order valence-electron chi connectivity index (χ4n) is 3.54. The quantitative estimate of drug-likeness (QED) is 0.646. The average molecular weight is 403 g/mol. The molecule has 2 aromatic rings. The first-order valence-electron chi connectivity index (χ1n) is 10.1. The topological polar surface area (TPSA) is 58.6 Å². The van der Waals surface area contributed by atoms with Crippen molar-refractivity contribution < 1.29 is 13.2 Å². The number of nitrogens with one attached hydrogen (secondary N) is 1. The van der Waals surface area contributed by atoms with Gasteiger partial charge in [0.2, 0.25) is 10.0 Å². The van der Waals surface area contributed by atoms with Crippen LogP contribution in [0.3, 0.4) is 0 Å². The molecule has 1 aliphatic rings. The fourth-order valence-corrected chi connectivity index (χ4v) is 4.70. The van der Waals surface area contributed by atoms with Gasteiger partial charge in [0.1, 0.15) is 5.75 Å². The summed E-state index contributed by atoms with van der Waals surface area (Å²) in [6.07, 6.45) is 4.16. The lowest BCUT2D eigenvalue weighted by atomic mass is 10.1. The van der Waals surface area contributed by atoms with E-state index in [0.717, 1.165) is 37.2 Å². The summed E-state index contributed by atoms with van der Waals surface area (Å²) in [5, 5.41) is 0. The molecular weight excluding hydrogens is 372 g/mol. The van der Waals surface area contributed by atoms with Crippen molar-refractivity contribution in [2.45, 2.75) is 44.4 Å². The Morgan fingerprint density at radius 1 is 1.07 bits per heavy atom. The van der Waals surface area contributed by atoms with E-state index in [9.17, 15) is 8.42 Å². The molecule has 6 heteroatoms. The van der Waals surface area contributed by atoms with Crippen LogP contribution in [0.2, 0.25) is 0 Å². The number of aryl methyl sites for hydroxylation is 2. The first-order valence-corrected chi connectivity index (χ1v) is 11.5. The number of ether oxygens (including phenoxy) is 1. The minimum atomic E-state index is -3.50. The smallest absolute Gasteiger partial charge is 0.240 e. The number of hydrogen-bond donors (Lipinski definition) is 1. The predicted octanol–water partition coefficient (Wildman–Crippen LogP) is 3.91. The van der Waals surface area contributed by atoms with Crippen LogP contribution >= 0.6 is 0 Å². The predicted molar refractivity (Wildman–Crippen MR) is 114 cm³/mol. The standard InChI is InChI=1S/C22H30N2O3S/c1-3-27-22-13-12-21(17-18(22)2)28(25,26)23-14-6-7-19-8-10-20(11-9-19)24-15-4-5-16-24/h8-13,17,23H,3-7,14-16H2,1-2H3. The van der Waals surface area contributed by atoms with Crippen molar-refractivity contribution in [2.24, 2.45) is 0 Å². The number of sulfonamides is 1. The van der Waals surface area contributed by atoms with Crippen molar-refractivity contribution in [1.29, 1.82) is 0 Å². The van der Waals surface area contributed by atoms with Crippen LogP contribution in [0.5, 0.6) is 5.75 Å². The fraction of sp³-hybridized carbons (Fsp3) is 0.455. The number of nitrogens with zero attached hydrogens (tertiary/aromatic N) is 1. The van der Waals surface area contributed by atoms with Gasteiger partial charge in [0.05, 0.1) is 11.5 Å². The lowest BCUT2D eigenvalue weighted by Crippen LogP contribution is -2.25. The van der Waals surface area contributed by atoms with Gasteiger partial charge >= 0.3 is 0 Å². The van der Waals surface area contributed by atoms with Gasteiger partial charge in [0, 0.05) is 25.3 Å². The molecule has 0 aliphatic carbocycles. The Balaban J connectivity index is 1.49. The number of rotatable bonds is 9. The zero-order valence-electron chi connectivity index (χ0n) is 16.8. The summed E-state index contributed by atoms with van der Waals surface area (Å²) >= 11 is 0. The third kappa shape index (κ3) is 5.26. The van der Waals surface area contributed by atoms with Gasteiger partial charge in [-0.25, -0.2) is 13.1 Å². The maximum Gasteiger partial charge on any atom is 0.240 e. The highest BCUT2D eigenvalue weighted by Gasteiger charge is 2.15. The van der Waals surface area contributed by atoms with E-state index >= 15 is 0 Å². The van der Waals surface area contributed by atoms with Gasteiger partial charge in [-0.1, -0.05) is 12.1 Å². The van der Waals surface area contributed by atoms with Crippen LogP contribution in [-0.4, -0.2) is 34.7 Å². The molecule has 1 heterocycles. The molecule has 28 heavy (non-hydrogen) atoms. The molecule has 1 aliphatic heterocycles. The van der Waals surface area contributed by atoms with E-state index in [1.807, 2.05) is 13.8 Å². The van der Waals surface area contributed by atoms with Gasteiger partial charge in [-0.3, -0.25) is 0 Å². The molecule has 152 valence electrons. The minimum Gasteiger partial charge on any atom is -0.494 e. The second kappa shape index (κ2) is 9.43. The highest BCUT2D eigenvalue weighted by molar-refractivity contribution is 7.89. The maximum atomic E-state index is 12.5. The Labute approximate surface area is 168 Å². The van der Waals surface area contributed by atoms with Crippen LogP contribution in [0.25, 0.3) is 0 Å². The summed E-state index contributed by atoms with van der Waals surface area (Å²) in [6.45, 7) is 7.03. The lowest BCUT2D eigenvalue weighted by Gasteiger charge is -2.17. The zero-order chi connectivity index (χ0) is 20.0. The largest absolute Gasteiger partial charge is 0.494 e. The van der Waals surface area contributed by atoms with E-state index in [0.29, 0.717) is 13.2 Å². The number of benzene rings is 2. The second-order valence-corrected chi connectivity index (χ2v) is 8.99. The molecule has 3 rings (SSSR count). The first-order chi connectivity index (χ1) is 13.5. The third-order valence-electron chi connectivity index (χ3n) is 5.10. The molecule has 0 amide bonds. The first kappa shape index (κ1) is 20.7. The van der Waals surface area contributed by atoms with Gasteiger partial charge in [0.25, 0.3) is 0 Å². The summed E-state index contributed by atoms with van der Waals surface area (Å²) in [6, 6.07) is 13.6. The molecule has 0 unspecified atom stereocenters. The summed E-state index contributed by atoms with van der Waals surface area (Å²) in [5.74, 6) is 0.721. The van der Waals surface area contributed by atoms with Crippen molar-refractivity contribution in [2.75, 3.05) is 31.1 Å². The normalized spacial score (nSPS) is 14.4. The van der Waals surface area contributed by atoms with Gasteiger partial charge in [-0.05, 0) is 81.0 Å². The van der Waals surface area contributed by atoms with Crippen molar-refractivity contribution in [1.82, 2.24) is 4.72 Å². The second-order valence-electron chi connectivity index (χ2n) is 7.22. The monoisotopic (exact) mass is 402 g/mol. The molecule has 0 atom stereocenters. The Kier molecular flexibility index (Phi) is 6.97. The molecule has 1 saturated heterocycles. The minimum absolute atomic E-state index is 0.281. The molecule has 5 nitrogen and oxygen atoms in total. The van der Waals surface area contributed by atoms with Crippen LogP contribution in [0.15, 0.2) is 47.4 Å². The number of hydrogen-bond acceptors (Lipinski definition) is 4. The molecule has 0 spiro atoms. The van der Waals surface area contributed by atoms with Gasteiger partial charge in [0.15, 0.2) is 0 Å². The molecule has 1 N–H and O–H groups in total. The lowest BCUT2D eigenvalue weighted by molar-refractivity contribution is 0.337. The Morgan fingerprint density at radius 3 is 2.43 bits per heavy atom. The van der Waals surface area contributed by atoms with Crippen LogP contribution in [0, 0.1) is 6.92 Å². The van der Waals surface area contributed by atoms with E-state index in [2.05, 4.69) is 33.9 Å². The maximum absolute atomic E-state index is 12.5. The van der Waals surface area contributed by atoms with Crippen LogP contribution in [0.1, 0.15) is 37.3 Å². The van der Waals surface area contributed by atoms with Crippen molar-refractivity contribution in [3.8, 4) is 5.75 Å². The van der Waals surface area contributed by atoms with Crippen LogP contribution in [0.4, 0.5) is 5.69 Å². The Morgan fingerprint density at radius 2 is 1.79 bits per heavy atom. The molecule has 0 saturated carbocycles. The Bertz CT molecular complexity index is 873. The molecule has 0 bridgehead atoms. The van der Waals surface area contributed by atoms with E-state index in [4.69, 9.17) is 4.74 Å². The molecule has 2 aromatic carbocycles. The van der Waals surface area contributed by atoms with E-state index in [-0.39, 0.29) is 4.90 Å². The van der Waals surface area contributed by atoms with E-state index in [1.165, 1.54) is 24.1 Å². The summed E-state index contributed by atoms with van der Waals surface area (Å²) in [5.41, 5.74) is 3.34. The van der Waals surface area contributed by atoms with Crippen molar-refractivity contribution in [3.63, 3.8) is 0 Å². The van der Waals surface area contributed by atoms with E-state index < -0.39 is 10.0 Å². The molecular formula is C22H30N2O3S. The molecule has 0 aromatic heterocycles. The van der Waals surface area contributed by atoms with Crippen LogP contribution < -0.4 is 14.4 Å². The zero-order valence-corrected chi connectivity index (χ0v) is 17.6.